The standard InChI is InChI=1S/C19H14ClNO2/c20-15-8-3-7-14(11-15)18(22)12-21-19(23)17-10-4-6-13-5-1-2-9-16(13)17/h1-11H,12H2,(H,21,23). The van der Waals surface area contributed by atoms with Crippen LogP contribution in [0.25, 0.3) is 10.8 Å². The fourth-order valence-electron chi connectivity index (χ4n) is 2.44. The van der Waals surface area contributed by atoms with Gasteiger partial charge in [-0.3, -0.25) is 9.59 Å². The summed E-state index contributed by atoms with van der Waals surface area (Å²) in [7, 11) is 0. The molecule has 23 heavy (non-hydrogen) atoms. The highest BCUT2D eigenvalue weighted by Gasteiger charge is 2.12. The van der Waals surface area contributed by atoms with Crippen molar-refractivity contribution in [2.24, 2.45) is 0 Å². The molecule has 0 unspecified atom stereocenters. The Morgan fingerprint density at radius 1 is 0.913 bits per heavy atom. The second-order valence-corrected chi connectivity index (χ2v) is 5.58. The van der Waals surface area contributed by atoms with Crippen LogP contribution < -0.4 is 5.32 Å². The van der Waals surface area contributed by atoms with Gasteiger partial charge in [0.1, 0.15) is 0 Å². The largest absolute Gasteiger partial charge is 0.345 e. The third kappa shape index (κ3) is 3.41. The van der Waals surface area contributed by atoms with Gasteiger partial charge in [0.05, 0.1) is 6.54 Å². The van der Waals surface area contributed by atoms with E-state index in [1.165, 1.54) is 0 Å². The summed E-state index contributed by atoms with van der Waals surface area (Å²) in [6, 6.07) is 19.9. The van der Waals surface area contributed by atoms with Gasteiger partial charge in [-0.15, -0.1) is 0 Å². The maximum Gasteiger partial charge on any atom is 0.252 e. The molecule has 3 rings (SSSR count). The summed E-state index contributed by atoms with van der Waals surface area (Å²) in [5.74, 6) is -0.446. The van der Waals surface area contributed by atoms with Crippen LogP contribution in [0.2, 0.25) is 5.02 Å². The number of rotatable bonds is 4. The van der Waals surface area contributed by atoms with E-state index in [0.29, 0.717) is 16.1 Å². The maximum atomic E-state index is 12.4. The molecular formula is C19H14ClNO2. The van der Waals surface area contributed by atoms with E-state index in [2.05, 4.69) is 5.32 Å². The van der Waals surface area contributed by atoms with Crippen LogP contribution in [-0.4, -0.2) is 18.2 Å². The lowest BCUT2D eigenvalue weighted by atomic mass is 10.0. The predicted molar refractivity (Wildman–Crippen MR) is 92.1 cm³/mol. The van der Waals surface area contributed by atoms with Crippen molar-refractivity contribution in [3.8, 4) is 0 Å². The fraction of sp³-hybridized carbons (Fsp3) is 0.0526. The van der Waals surface area contributed by atoms with E-state index in [1.807, 2.05) is 36.4 Å². The van der Waals surface area contributed by atoms with Gasteiger partial charge >= 0.3 is 0 Å². The number of carbonyl (C=O) groups is 2. The lowest BCUT2D eigenvalue weighted by molar-refractivity contribution is 0.0905. The molecule has 0 atom stereocenters. The Hall–Kier alpha value is -2.65. The van der Waals surface area contributed by atoms with Crippen molar-refractivity contribution < 1.29 is 9.59 Å². The summed E-state index contributed by atoms with van der Waals surface area (Å²) >= 11 is 5.87. The number of hydrogen-bond acceptors (Lipinski definition) is 2. The molecule has 0 fully saturated rings. The highest BCUT2D eigenvalue weighted by molar-refractivity contribution is 6.31. The molecule has 0 radical (unpaired) electrons. The number of fused-ring (bicyclic) bond motifs is 1. The molecule has 0 aliphatic heterocycles. The van der Waals surface area contributed by atoms with Crippen LogP contribution in [-0.2, 0) is 0 Å². The predicted octanol–water partition coefficient (Wildman–Crippen LogP) is 4.11. The van der Waals surface area contributed by atoms with Gasteiger partial charge in [-0.1, -0.05) is 60.1 Å². The number of amides is 1. The van der Waals surface area contributed by atoms with E-state index in [9.17, 15) is 9.59 Å². The summed E-state index contributed by atoms with van der Waals surface area (Å²) in [5.41, 5.74) is 1.04. The van der Waals surface area contributed by atoms with Crippen molar-refractivity contribution in [1.29, 1.82) is 0 Å². The molecule has 1 amide bonds. The maximum absolute atomic E-state index is 12.4. The van der Waals surface area contributed by atoms with Crippen LogP contribution in [0.15, 0.2) is 66.7 Å². The molecular weight excluding hydrogens is 310 g/mol. The number of hydrogen-bond donors (Lipinski definition) is 1. The van der Waals surface area contributed by atoms with Crippen molar-refractivity contribution in [1.82, 2.24) is 5.32 Å². The topological polar surface area (TPSA) is 46.2 Å². The summed E-state index contributed by atoms with van der Waals surface area (Å²) in [6.45, 7) is -0.0671. The minimum absolute atomic E-state index is 0.0671. The molecule has 0 aromatic heterocycles. The first kappa shape index (κ1) is 15.3. The Morgan fingerprint density at radius 3 is 2.48 bits per heavy atom. The molecule has 0 heterocycles. The monoisotopic (exact) mass is 323 g/mol. The molecule has 0 spiro atoms. The normalized spacial score (nSPS) is 10.5. The van der Waals surface area contributed by atoms with Crippen molar-refractivity contribution in [3.63, 3.8) is 0 Å². The Morgan fingerprint density at radius 2 is 1.65 bits per heavy atom. The molecule has 3 aromatic carbocycles. The zero-order valence-electron chi connectivity index (χ0n) is 12.3. The zero-order valence-corrected chi connectivity index (χ0v) is 13.0. The average molecular weight is 324 g/mol. The highest BCUT2D eigenvalue weighted by Crippen LogP contribution is 2.18. The van der Waals surface area contributed by atoms with Crippen LogP contribution in [0.3, 0.4) is 0 Å². The minimum atomic E-state index is -0.267. The SMILES string of the molecule is O=C(CNC(=O)c1cccc2ccccc12)c1cccc(Cl)c1. The quantitative estimate of drug-likeness (QED) is 0.734. The number of carbonyl (C=O) groups excluding carboxylic acids is 2. The van der Waals surface area contributed by atoms with E-state index in [0.717, 1.165) is 10.8 Å². The fourth-order valence-corrected chi connectivity index (χ4v) is 2.63. The summed E-state index contributed by atoms with van der Waals surface area (Å²) in [4.78, 5) is 24.5. The molecule has 4 heteroatoms. The second-order valence-electron chi connectivity index (χ2n) is 5.14. The van der Waals surface area contributed by atoms with Crippen LogP contribution in [0, 0.1) is 0 Å². The average Bonchev–Trinajstić information content (AvgIpc) is 2.59. The lowest BCUT2D eigenvalue weighted by Gasteiger charge is -2.08. The molecule has 0 bridgehead atoms. The van der Waals surface area contributed by atoms with Crippen LogP contribution in [0.4, 0.5) is 0 Å². The number of nitrogens with one attached hydrogen (secondary N) is 1. The van der Waals surface area contributed by atoms with Gasteiger partial charge in [-0.25, -0.2) is 0 Å². The smallest absolute Gasteiger partial charge is 0.252 e. The second kappa shape index (κ2) is 6.63. The summed E-state index contributed by atoms with van der Waals surface area (Å²) < 4.78 is 0. The van der Waals surface area contributed by atoms with Gasteiger partial charge in [0, 0.05) is 16.1 Å². The third-order valence-electron chi connectivity index (χ3n) is 3.59. The van der Waals surface area contributed by atoms with Gasteiger partial charge in [-0.05, 0) is 29.0 Å². The molecule has 0 aliphatic rings. The molecule has 1 N–H and O–H groups in total. The van der Waals surface area contributed by atoms with Crippen molar-refractivity contribution in [2.45, 2.75) is 0 Å². The minimum Gasteiger partial charge on any atom is -0.345 e. The van der Waals surface area contributed by atoms with Gasteiger partial charge in [0.15, 0.2) is 5.78 Å². The number of Topliss-reactive ketones (excluding diaryl/α,β-unsaturated/α-hetero) is 1. The van der Waals surface area contributed by atoms with E-state index in [-0.39, 0.29) is 18.2 Å². The highest BCUT2D eigenvalue weighted by atomic mass is 35.5. The van der Waals surface area contributed by atoms with Crippen LogP contribution >= 0.6 is 11.6 Å². The molecule has 3 nitrogen and oxygen atoms in total. The molecule has 3 aromatic rings. The lowest BCUT2D eigenvalue weighted by Crippen LogP contribution is -2.29. The van der Waals surface area contributed by atoms with E-state index in [4.69, 9.17) is 11.6 Å². The van der Waals surface area contributed by atoms with E-state index in [1.54, 1.807) is 30.3 Å². The third-order valence-corrected chi connectivity index (χ3v) is 3.83. The number of ketones is 1. The van der Waals surface area contributed by atoms with Gasteiger partial charge < -0.3 is 5.32 Å². The Bertz CT molecular complexity index is 884. The molecule has 0 aliphatic carbocycles. The van der Waals surface area contributed by atoms with Gasteiger partial charge in [-0.2, -0.15) is 0 Å². The Balaban J connectivity index is 1.75. The van der Waals surface area contributed by atoms with Crippen LogP contribution in [0.5, 0.6) is 0 Å². The number of halogens is 1. The van der Waals surface area contributed by atoms with Crippen molar-refractivity contribution in [2.75, 3.05) is 6.54 Å². The Kier molecular flexibility index (Phi) is 4.40. The van der Waals surface area contributed by atoms with E-state index >= 15 is 0 Å². The van der Waals surface area contributed by atoms with Crippen molar-refractivity contribution in [3.05, 3.63) is 82.9 Å². The summed E-state index contributed by atoms with van der Waals surface area (Å²) in [5, 5.41) is 5.02. The first-order valence-corrected chi connectivity index (χ1v) is 7.58. The van der Waals surface area contributed by atoms with E-state index < -0.39 is 0 Å². The Labute approximate surface area is 138 Å². The molecule has 0 saturated carbocycles. The first-order chi connectivity index (χ1) is 11.1. The van der Waals surface area contributed by atoms with Gasteiger partial charge in [0.2, 0.25) is 0 Å². The zero-order chi connectivity index (χ0) is 16.2. The molecule has 114 valence electrons. The van der Waals surface area contributed by atoms with Gasteiger partial charge in [0.25, 0.3) is 5.91 Å². The number of benzene rings is 3. The van der Waals surface area contributed by atoms with Crippen molar-refractivity contribution >= 4 is 34.1 Å². The first-order valence-electron chi connectivity index (χ1n) is 7.20. The molecule has 0 saturated heterocycles. The summed E-state index contributed by atoms with van der Waals surface area (Å²) in [6.07, 6.45) is 0. The van der Waals surface area contributed by atoms with Crippen LogP contribution in [0.1, 0.15) is 20.7 Å².